The SMILES string of the molecule is Cc1cc(C)cc(C(=O)N(CC(N)=NO)C(C)C)c1. The van der Waals surface area contributed by atoms with E-state index in [-0.39, 0.29) is 24.3 Å². The van der Waals surface area contributed by atoms with Crippen LogP contribution in [0.15, 0.2) is 23.4 Å². The van der Waals surface area contributed by atoms with Gasteiger partial charge in [-0.25, -0.2) is 0 Å². The van der Waals surface area contributed by atoms with Crippen LogP contribution in [0.5, 0.6) is 0 Å². The van der Waals surface area contributed by atoms with E-state index < -0.39 is 0 Å². The van der Waals surface area contributed by atoms with E-state index in [4.69, 9.17) is 10.9 Å². The third-order valence-corrected chi connectivity index (χ3v) is 2.81. The van der Waals surface area contributed by atoms with Gasteiger partial charge < -0.3 is 15.8 Å². The molecule has 3 N–H and O–H groups in total. The van der Waals surface area contributed by atoms with Gasteiger partial charge in [0.15, 0.2) is 5.84 Å². The molecule has 0 spiro atoms. The number of hydrogen-bond acceptors (Lipinski definition) is 3. The van der Waals surface area contributed by atoms with Gasteiger partial charge in [0.05, 0.1) is 6.54 Å². The number of nitrogens with zero attached hydrogens (tertiary/aromatic N) is 2. The van der Waals surface area contributed by atoms with E-state index in [2.05, 4.69) is 5.16 Å². The van der Waals surface area contributed by atoms with Crippen LogP contribution in [0, 0.1) is 13.8 Å². The summed E-state index contributed by atoms with van der Waals surface area (Å²) in [5, 5.41) is 11.6. The Labute approximate surface area is 113 Å². The minimum absolute atomic E-state index is 0.0198. The molecule has 5 heteroatoms. The van der Waals surface area contributed by atoms with E-state index in [0.29, 0.717) is 5.56 Å². The fourth-order valence-corrected chi connectivity index (χ4v) is 1.96. The van der Waals surface area contributed by atoms with Crippen molar-refractivity contribution in [2.24, 2.45) is 10.9 Å². The summed E-state index contributed by atoms with van der Waals surface area (Å²) >= 11 is 0. The lowest BCUT2D eigenvalue weighted by atomic mass is 10.1. The lowest BCUT2D eigenvalue weighted by Crippen LogP contribution is -2.42. The van der Waals surface area contributed by atoms with E-state index in [9.17, 15) is 4.79 Å². The molecular formula is C14H21N3O2. The number of amides is 1. The zero-order valence-electron chi connectivity index (χ0n) is 11.8. The highest BCUT2D eigenvalue weighted by Gasteiger charge is 2.20. The molecule has 1 rings (SSSR count). The van der Waals surface area contributed by atoms with Crippen LogP contribution in [-0.2, 0) is 0 Å². The van der Waals surface area contributed by atoms with Gasteiger partial charge in [-0.15, -0.1) is 0 Å². The maximum Gasteiger partial charge on any atom is 0.254 e. The first kappa shape index (κ1) is 15.0. The van der Waals surface area contributed by atoms with Gasteiger partial charge in [0, 0.05) is 11.6 Å². The molecule has 0 aliphatic heterocycles. The molecule has 0 unspecified atom stereocenters. The van der Waals surface area contributed by atoms with E-state index in [1.807, 2.05) is 45.9 Å². The summed E-state index contributed by atoms with van der Waals surface area (Å²) in [6.07, 6.45) is 0. The number of nitrogens with two attached hydrogens (primary N) is 1. The second-order valence-corrected chi connectivity index (χ2v) is 4.99. The van der Waals surface area contributed by atoms with Crippen molar-refractivity contribution < 1.29 is 10.0 Å². The average Bonchev–Trinajstić information content (AvgIpc) is 2.33. The number of aryl methyl sites for hydroxylation is 2. The Hall–Kier alpha value is -2.04. The van der Waals surface area contributed by atoms with Crippen molar-refractivity contribution in [3.05, 3.63) is 34.9 Å². The molecular weight excluding hydrogens is 242 g/mol. The number of amidine groups is 1. The zero-order valence-corrected chi connectivity index (χ0v) is 11.8. The molecule has 5 nitrogen and oxygen atoms in total. The van der Waals surface area contributed by atoms with Crippen molar-refractivity contribution >= 4 is 11.7 Å². The van der Waals surface area contributed by atoms with Gasteiger partial charge >= 0.3 is 0 Å². The number of rotatable bonds is 4. The van der Waals surface area contributed by atoms with Gasteiger partial charge in [-0.3, -0.25) is 4.79 Å². The summed E-state index contributed by atoms with van der Waals surface area (Å²) in [6.45, 7) is 7.80. The van der Waals surface area contributed by atoms with Gasteiger partial charge in [-0.2, -0.15) is 0 Å². The fraction of sp³-hybridized carbons (Fsp3) is 0.429. The van der Waals surface area contributed by atoms with Crippen molar-refractivity contribution in [3.8, 4) is 0 Å². The van der Waals surface area contributed by atoms with Gasteiger partial charge in [0.25, 0.3) is 5.91 Å². The molecule has 19 heavy (non-hydrogen) atoms. The first-order chi connectivity index (χ1) is 8.85. The monoisotopic (exact) mass is 263 g/mol. The van der Waals surface area contributed by atoms with Crippen LogP contribution in [0.4, 0.5) is 0 Å². The van der Waals surface area contributed by atoms with Crippen LogP contribution in [0.2, 0.25) is 0 Å². The normalized spacial score (nSPS) is 11.7. The molecule has 0 heterocycles. The Balaban J connectivity index is 3.05. The molecule has 0 saturated carbocycles. The Bertz CT molecular complexity index is 475. The van der Waals surface area contributed by atoms with Gasteiger partial charge in [0.1, 0.15) is 0 Å². The topological polar surface area (TPSA) is 78.9 Å². The molecule has 1 aromatic rings. The Morgan fingerprint density at radius 2 is 1.84 bits per heavy atom. The first-order valence-corrected chi connectivity index (χ1v) is 6.20. The van der Waals surface area contributed by atoms with Gasteiger partial charge in [-0.05, 0) is 39.8 Å². The van der Waals surface area contributed by atoms with Crippen molar-refractivity contribution in [2.75, 3.05) is 6.54 Å². The highest BCUT2D eigenvalue weighted by atomic mass is 16.4. The van der Waals surface area contributed by atoms with Crippen molar-refractivity contribution in [1.82, 2.24) is 4.90 Å². The number of carbonyl (C=O) groups is 1. The maximum atomic E-state index is 12.5. The molecule has 0 aromatic heterocycles. The van der Waals surface area contributed by atoms with E-state index in [1.165, 1.54) is 0 Å². The molecule has 0 saturated heterocycles. The summed E-state index contributed by atoms with van der Waals surface area (Å²) in [4.78, 5) is 14.0. The predicted octanol–water partition coefficient (Wildman–Crippen LogP) is 1.90. The third-order valence-electron chi connectivity index (χ3n) is 2.81. The van der Waals surface area contributed by atoms with Crippen molar-refractivity contribution in [1.29, 1.82) is 0 Å². The lowest BCUT2D eigenvalue weighted by molar-refractivity contribution is 0.0734. The van der Waals surface area contributed by atoms with E-state index in [1.54, 1.807) is 4.90 Å². The van der Waals surface area contributed by atoms with Crippen LogP contribution in [0.25, 0.3) is 0 Å². The highest BCUT2D eigenvalue weighted by molar-refractivity contribution is 5.97. The summed E-state index contributed by atoms with van der Waals surface area (Å²) in [6, 6.07) is 5.67. The van der Waals surface area contributed by atoms with Crippen LogP contribution >= 0.6 is 0 Å². The number of hydrogen-bond donors (Lipinski definition) is 2. The van der Waals surface area contributed by atoms with Crippen LogP contribution < -0.4 is 5.73 Å². The number of benzene rings is 1. The van der Waals surface area contributed by atoms with Crippen LogP contribution in [0.1, 0.15) is 35.3 Å². The highest BCUT2D eigenvalue weighted by Crippen LogP contribution is 2.13. The van der Waals surface area contributed by atoms with E-state index >= 15 is 0 Å². The van der Waals surface area contributed by atoms with Crippen molar-refractivity contribution in [3.63, 3.8) is 0 Å². The zero-order chi connectivity index (χ0) is 14.6. The second-order valence-electron chi connectivity index (χ2n) is 4.99. The van der Waals surface area contributed by atoms with Gasteiger partial charge in [-0.1, -0.05) is 22.3 Å². The predicted molar refractivity (Wildman–Crippen MR) is 75.5 cm³/mol. The summed E-state index contributed by atoms with van der Waals surface area (Å²) in [5.74, 6) is -0.0974. The molecule has 104 valence electrons. The first-order valence-electron chi connectivity index (χ1n) is 6.20. The Kier molecular flexibility index (Phi) is 4.92. The minimum atomic E-state index is -0.117. The third kappa shape index (κ3) is 3.98. The molecule has 0 atom stereocenters. The average molecular weight is 263 g/mol. The quantitative estimate of drug-likeness (QED) is 0.377. The van der Waals surface area contributed by atoms with Crippen LogP contribution in [-0.4, -0.2) is 34.4 Å². The maximum absolute atomic E-state index is 12.5. The molecule has 0 aliphatic rings. The molecule has 1 amide bonds. The Morgan fingerprint density at radius 3 is 2.26 bits per heavy atom. The smallest absolute Gasteiger partial charge is 0.254 e. The second kappa shape index (κ2) is 6.22. The summed E-state index contributed by atoms with van der Waals surface area (Å²) < 4.78 is 0. The largest absolute Gasteiger partial charge is 0.409 e. The molecule has 0 aliphatic carbocycles. The number of carbonyl (C=O) groups excluding carboxylic acids is 1. The van der Waals surface area contributed by atoms with E-state index in [0.717, 1.165) is 11.1 Å². The Morgan fingerprint density at radius 1 is 1.32 bits per heavy atom. The number of oxime groups is 1. The van der Waals surface area contributed by atoms with Crippen LogP contribution in [0.3, 0.4) is 0 Å². The molecule has 1 aromatic carbocycles. The summed E-state index contributed by atoms with van der Waals surface area (Å²) in [7, 11) is 0. The molecule has 0 bridgehead atoms. The molecule has 0 fully saturated rings. The van der Waals surface area contributed by atoms with Gasteiger partial charge in [0.2, 0.25) is 0 Å². The standard InChI is InChI=1S/C14H21N3O2/c1-9(2)17(8-13(15)16-19)14(18)12-6-10(3)5-11(4)7-12/h5-7,9,19H,8H2,1-4H3,(H2,15,16). The summed E-state index contributed by atoms with van der Waals surface area (Å²) in [5.41, 5.74) is 8.19. The molecule has 0 radical (unpaired) electrons. The lowest BCUT2D eigenvalue weighted by Gasteiger charge is -2.26. The fourth-order valence-electron chi connectivity index (χ4n) is 1.96. The minimum Gasteiger partial charge on any atom is -0.409 e. The van der Waals surface area contributed by atoms with Crippen molar-refractivity contribution in [2.45, 2.75) is 33.7 Å².